The Morgan fingerprint density at radius 2 is 1.72 bits per heavy atom. The second kappa shape index (κ2) is 18.1. The standard InChI is InChI=1S/C38H51N5O7/c1-25(2)50-38(48)35(45)32(19-26-9-4-3-5-10-26)41-37(47)33(22-30-23-39-24-40-30)42-36(46)29(21-34(44)43-15-17-49-18-16-43)20-28-13-8-12-27-11-6-7-14-31(27)28/h6-8,11-14,23-26,29,32-33,35,45H,3-5,9-10,15-22H2,1-2H3,(H,39,40)(H,41,47)(H,42,46)/t29-,32?,33-,35?/m0/s1. The lowest BCUT2D eigenvalue weighted by molar-refractivity contribution is -0.159. The summed E-state index contributed by atoms with van der Waals surface area (Å²) in [5.41, 5.74) is 1.54. The maximum Gasteiger partial charge on any atom is 0.337 e. The summed E-state index contributed by atoms with van der Waals surface area (Å²) < 4.78 is 10.7. The first-order chi connectivity index (χ1) is 24.2. The molecule has 3 amide bonds. The third-order valence-corrected chi connectivity index (χ3v) is 9.73. The van der Waals surface area contributed by atoms with Gasteiger partial charge in [-0.2, -0.15) is 0 Å². The van der Waals surface area contributed by atoms with Crippen molar-refractivity contribution in [2.24, 2.45) is 11.8 Å². The zero-order valence-corrected chi connectivity index (χ0v) is 29.1. The summed E-state index contributed by atoms with van der Waals surface area (Å²) in [5.74, 6) is -2.49. The van der Waals surface area contributed by atoms with E-state index < -0.39 is 48.0 Å². The van der Waals surface area contributed by atoms with Crippen LogP contribution in [0.5, 0.6) is 0 Å². The quantitative estimate of drug-likeness (QED) is 0.176. The van der Waals surface area contributed by atoms with E-state index in [-0.39, 0.29) is 31.1 Å². The van der Waals surface area contributed by atoms with Gasteiger partial charge in [-0.25, -0.2) is 9.78 Å². The van der Waals surface area contributed by atoms with Crippen LogP contribution in [0.2, 0.25) is 0 Å². The number of benzene rings is 2. The number of rotatable bonds is 15. The monoisotopic (exact) mass is 689 g/mol. The normalized spacial score (nSPS) is 17.9. The van der Waals surface area contributed by atoms with Gasteiger partial charge in [-0.05, 0) is 48.9 Å². The molecule has 1 aliphatic heterocycles. The van der Waals surface area contributed by atoms with Crippen molar-refractivity contribution in [1.29, 1.82) is 0 Å². The molecule has 0 radical (unpaired) electrons. The van der Waals surface area contributed by atoms with E-state index in [9.17, 15) is 24.3 Å². The summed E-state index contributed by atoms with van der Waals surface area (Å²) in [4.78, 5) is 63.6. The van der Waals surface area contributed by atoms with Crippen molar-refractivity contribution in [3.8, 4) is 0 Å². The van der Waals surface area contributed by atoms with E-state index in [1.54, 1.807) is 24.9 Å². The van der Waals surface area contributed by atoms with Crippen molar-refractivity contribution in [2.75, 3.05) is 26.3 Å². The van der Waals surface area contributed by atoms with Crippen LogP contribution in [-0.4, -0.2) is 94.3 Å². The smallest absolute Gasteiger partial charge is 0.337 e. The fourth-order valence-corrected chi connectivity index (χ4v) is 7.06. The zero-order valence-electron chi connectivity index (χ0n) is 29.1. The summed E-state index contributed by atoms with van der Waals surface area (Å²) in [5, 5.41) is 19.0. The minimum Gasteiger partial charge on any atom is -0.461 e. The number of morpholine rings is 1. The van der Waals surface area contributed by atoms with Crippen molar-refractivity contribution in [3.63, 3.8) is 0 Å². The number of hydrogen-bond acceptors (Lipinski definition) is 8. The lowest BCUT2D eigenvalue weighted by Crippen LogP contribution is -2.56. The molecule has 0 bridgehead atoms. The van der Waals surface area contributed by atoms with Gasteiger partial charge in [0.1, 0.15) is 6.04 Å². The summed E-state index contributed by atoms with van der Waals surface area (Å²) in [6, 6.07) is 11.8. The average Bonchev–Trinajstić information content (AvgIpc) is 3.64. The van der Waals surface area contributed by atoms with Gasteiger partial charge in [0.2, 0.25) is 17.7 Å². The molecule has 2 fully saturated rings. The Hall–Kier alpha value is -4.29. The van der Waals surface area contributed by atoms with Crippen molar-refractivity contribution < 1.29 is 33.8 Å². The fraction of sp³-hybridized carbons (Fsp3) is 0.553. The average molecular weight is 690 g/mol. The third kappa shape index (κ3) is 10.4. The van der Waals surface area contributed by atoms with Gasteiger partial charge in [0.05, 0.1) is 37.6 Å². The van der Waals surface area contributed by atoms with Crippen molar-refractivity contribution >= 4 is 34.5 Å². The van der Waals surface area contributed by atoms with E-state index in [4.69, 9.17) is 9.47 Å². The molecule has 2 aliphatic rings. The molecule has 0 spiro atoms. The molecule has 4 atom stereocenters. The Morgan fingerprint density at radius 1 is 0.980 bits per heavy atom. The fourth-order valence-electron chi connectivity index (χ4n) is 7.06. The zero-order chi connectivity index (χ0) is 35.5. The van der Waals surface area contributed by atoms with Crippen LogP contribution in [0.1, 0.15) is 70.1 Å². The second-order valence-electron chi connectivity index (χ2n) is 13.9. The molecule has 1 aliphatic carbocycles. The molecule has 2 heterocycles. The molecule has 270 valence electrons. The Morgan fingerprint density at radius 3 is 2.44 bits per heavy atom. The van der Waals surface area contributed by atoms with Crippen molar-refractivity contribution in [2.45, 2.75) is 95.9 Å². The Labute approximate surface area is 293 Å². The first-order valence-electron chi connectivity index (χ1n) is 18.0. The van der Waals surface area contributed by atoms with E-state index >= 15 is 0 Å². The molecule has 4 N–H and O–H groups in total. The lowest BCUT2D eigenvalue weighted by atomic mass is 9.83. The number of nitrogens with one attached hydrogen (secondary N) is 3. The lowest BCUT2D eigenvalue weighted by Gasteiger charge is -2.31. The van der Waals surface area contributed by atoms with Crippen LogP contribution in [0.3, 0.4) is 0 Å². The molecule has 3 aromatic rings. The molecule has 1 aromatic heterocycles. The van der Waals surface area contributed by atoms with Crippen molar-refractivity contribution in [1.82, 2.24) is 25.5 Å². The number of aliphatic hydroxyl groups excluding tert-OH is 1. The molecule has 1 saturated heterocycles. The van der Waals surface area contributed by atoms with Gasteiger partial charge in [0.25, 0.3) is 0 Å². The predicted molar refractivity (Wildman–Crippen MR) is 188 cm³/mol. The van der Waals surface area contributed by atoms with E-state index in [0.717, 1.165) is 48.4 Å². The SMILES string of the molecule is CC(C)OC(=O)C(O)C(CC1CCCCC1)NC(=O)[C@H](Cc1cnc[nH]1)NC(=O)[C@H](CC(=O)N1CCOCC1)Cc1cccc2ccccc12. The van der Waals surface area contributed by atoms with Crippen LogP contribution in [0.25, 0.3) is 10.8 Å². The van der Waals surface area contributed by atoms with Gasteiger partial charge in [0.15, 0.2) is 6.10 Å². The van der Waals surface area contributed by atoms with E-state index in [1.807, 2.05) is 42.5 Å². The van der Waals surface area contributed by atoms with Crippen LogP contribution in [0.4, 0.5) is 0 Å². The van der Waals surface area contributed by atoms with Gasteiger partial charge in [-0.3, -0.25) is 14.4 Å². The highest BCUT2D eigenvalue weighted by Crippen LogP contribution is 2.29. The topological polar surface area (TPSA) is 163 Å². The van der Waals surface area contributed by atoms with Crippen LogP contribution in [-0.2, 0) is 41.5 Å². The molecule has 12 heteroatoms. The molecule has 1 saturated carbocycles. The number of H-pyrrole nitrogens is 1. The number of fused-ring (bicyclic) bond motifs is 1. The highest BCUT2D eigenvalue weighted by atomic mass is 16.6. The molecule has 50 heavy (non-hydrogen) atoms. The number of aliphatic hydroxyl groups is 1. The molecule has 2 aromatic carbocycles. The number of carbonyl (C=O) groups excluding carboxylic acids is 4. The number of aromatic nitrogens is 2. The highest BCUT2D eigenvalue weighted by molar-refractivity contribution is 5.92. The third-order valence-electron chi connectivity index (χ3n) is 9.73. The maximum atomic E-state index is 14.3. The van der Waals surface area contributed by atoms with Crippen LogP contribution >= 0.6 is 0 Å². The van der Waals surface area contributed by atoms with Crippen molar-refractivity contribution in [3.05, 3.63) is 66.2 Å². The summed E-state index contributed by atoms with van der Waals surface area (Å²) >= 11 is 0. The van der Waals surface area contributed by atoms with Gasteiger partial charge in [0, 0.05) is 37.8 Å². The van der Waals surface area contributed by atoms with Gasteiger partial charge in [-0.15, -0.1) is 0 Å². The minimum absolute atomic E-state index is 0.0441. The molecule has 5 rings (SSSR count). The number of nitrogens with zero attached hydrogens (tertiary/aromatic N) is 2. The van der Waals surface area contributed by atoms with E-state index in [0.29, 0.717) is 38.4 Å². The van der Waals surface area contributed by atoms with Gasteiger partial charge >= 0.3 is 5.97 Å². The number of imidazole rings is 1. The first kappa shape index (κ1) is 37.0. The first-order valence-corrected chi connectivity index (χ1v) is 18.0. The van der Waals surface area contributed by atoms with Crippen LogP contribution in [0, 0.1) is 11.8 Å². The maximum absolute atomic E-state index is 14.3. The Bertz CT molecular complexity index is 1560. The van der Waals surface area contributed by atoms with E-state index in [2.05, 4.69) is 20.6 Å². The number of hydrogen-bond donors (Lipinski definition) is 4. The molecular formula is C38H51N5O7. The molecule has 12 nitrogen and oxygen atoms in total. The number of ether oxygens (including phenoxy) is 2. The van der Waals surface area contributed by atoms with Crippen LogP contribution in [0.15, 0.2) is 55.0 Å². The number of carbonyl (C=O) groups is 4. The number of esters is 1. The minimum atomic E-state index is -1.57. The summed E-state index contributed by atoms with van der Waals surface area (Å²) in [6.07, 6.45) is 6.92. The van der Waals surface area contributed by atoms with E-state index in [1.165, 1.54) is 6.33 Å². The highest BCUT2D eigenvalue weighted by Gasteiger charge is 2.35. The van der Waals surface area contributed by atoms with Crippen LogP contribution < -0.4 is 10.6 Å². The Kier molecular flexibility index (Phi) is 13.4. The summed E-state index contributed by atoms with van der Waals surface area (Å²) in [6.45, 7) is 5.20. The predicted octanol–water partition coefficient (Wildman–Crippen LogP) is 3.47. The summed E-state index contributed by atoms with van der Waals surface area (Å²) in [7, 11) is 0. The molecular weight excluding hydrogens is 638 g/mol. The molecule has 2 unspecified atom stereocenters. The number of aromatic amines is 1. The van der Waals surface area contributed by atoms with Gasteiger partial charge < -0.3 is 35.1 Å². The largest absolute Gasteiger partial charge is 0.461 e. The van der Waals surface area contributed by atoms with Gasteiger partial charge in [-0.1, -0.05) is 74.6 Å². The second-order valence-corrected chi connectivity index (χ2v) is 13.9. The number of amides is 3. The Balaban J connectivity index is 1.39.